The maximum absolute atomic E-state index is 11.6. The number of Topliss-reactive ketones (excluding diaryl/α,β-unsaturated/α-hetero) is 1. The molecule has 88 valence electrons. The van der Waals surface area contributed by atoms with E-state index in [1.807, 2.05) is 0 Å². The van der Waals surface area contributed by atoms with E-state index in [0.29, 0.717) is 0 Å². The van der Waals surface area contributed by atoms with Gasteiger partial charge in [-0.05, 0) is 25.1 Å². The van der Waals surface area contributed by atoms with Crippen molar-refractivity contribution < 1.29 is 13.2 Å². The Balaban J connectivity index is 3.34. The van der Waals surface area contributed by atoms with Gasteiger partial charge in [0.05, 0.1) is 9.85 Å². The Kier molecular flexibility index (Phi) is 4.12. The molecule has 0 radical (unpaired) electrons. The van der Waals surface area contributed by atoms with Crippen LogP contribution in [0.3, 0.4) is 0 Å². The summed E-state index contributed by atoms with van der Waals surface area (Å²) in [5, 5.41) is 4.97. The normalized spacial score (nSPS) is 13.5. The summed E-state index contributed by atoms with van der Waals surface area (Å²) in [5.74, 6) is -0.235. The second-order valence-corrected chi connectivity index (χ2v) is 6.48. The number of benzene rings is 1. The van der Waals surface area contributed by atoms with Crippen molar-refractivity contribution in [1.82, 2.24) is 0 Å². The van der Waals surface area contributed by atoms with Gasteiger partial charge in [-0.15, -0.1) is 0 Å². The largest absolute Gasteiger partial charge is 0.293 e. The zero-order valence-corrected chi connectivity index (χ0v) is 11.4. The number of carbonyl (C=O) groups excluding carboxylic acids is 1. The summed E-state index contributed by atoms with van der Waals surface area (Å²) in [7, 11) is -3.91. The van der Waals surface area contributed by atoms with Crippen LogP contribution in [0.5, 0.6) is 0 Å². The van der Waals surface area contributed by atoms with E-state index in [4.69, 9.17) is 16.7 Å². The molecular formula is C9H9BrClNO3S. The number of ketones is 1. The fourth-order valence-corrected chi connectivity index (χ4v) is 2.44. The molecule has 1 aromatic rings. The Morgan fingerprint density at radius 3 is 2.50 bits per heavy atom. The zero-order chi connectivity index (χ0) is 12.5. The molecule has 16 heavy (non-hydrogen) atoms. The molecule has 0 saturated carbocycles. The molecular weight excluding hydrogens is 318 g/mol. The summed E-state index contributed by atoms with van der Waals surface area (Å²) in [6.07, 6.45) is 0. The van der Waals surface area contributed by atoms with Crippen LogP contribution in [0.4, 0.5) is 0 Å². The lowest BCUT2D eigenvalue weighted by molar-refractivity contribution is 0.0995. The van der Waals surface area contributed by atoms with E-state index >= 15 is 0 Å². The Morgan fingerprint density at radius 2 is 2.06 bits per heavy atom. The molecule has 1 unspecified atom stereocenters. The number of hydrogen-bond acceptors (Lipinski definition) is 3. The summed E-state index contributed by atoms with van der Waals surface area (Å²) in [6.45, 7) is 1.65. The molecule has 0 aliphatic rings. The summed E-state index contributed by atoms with van der Waals surface area (Å²) in [4.78, 5) is 11.0. The highest BCUT2D eigenvalue weighted by Crippen LogP contribution is 2.22. The average Bonchev–Trinajstić information content (AvgIpc) is 2.15. The molecule has 0 amide bonds. The van der Waals surface area contributed by atoms with Gasteiger partial charge in [-0.3, -0.25) is 4.79 Å². The van der Waals surface area contributed by atoms with Gasteiger partial charge in [0.15, 0.2) is 5.78 Å². The first-order chi connectivity index (χ1) is 7.23. The van der Waals surface area contributed by atoms with Crippen LogP contribution in [0, 0.1) is 0 Å². The molecule has 1 rings (SSSR count). The van der Waals surface area contributed by atoms with Crippen LogP contribution in [0.15, 0.2) is 23.1 Å². The average molecular weight is 327 g/mol. The molecule has 0 fully saturated rings. The van der Waals surface area contributed by atoms with Crippen LogP contribution >= 0.6 is 27.5 Å². The molecule has 0 aromatic heterocycles. The molecule has 0 aliphatic carbocycles. The van der Waals surface area contributed by atoms with Crippen LogP contribution < -0.4 is 5.14 Å². The van der Waals surface area contributed by atoms with Gasteiger partial charge in [-0.2, -0.15) is 0 Å². The summed E-state index contributed by atoms with van der Waals surface area (Å²) in [5.41, 5.74) is 0.248. The van der Waals surface area contributed by atoms with Crippen molar-refractivity contribution in [3.05, 3.63) is 28.8 Å². The Morgan fingerprint density at radius 1 is 1.50 bits per heavy atom. The highest BCUT2D eigenvalue weighted by atomic mass is 79.9. The van der Waals surface area contributed by atoms with E-state index < -0.39 is 14.9 Å². The quantitative estimate of drug-likeness (QED) is 0.681. The van der Waals surface area contributed by atoms with Crippen LogP contribution in [-0.4, -0.2) is 19.0 Å². The first-order valence-corrected chi connectivity index (χ1v) is 7.08. The van der Waals surface area contributed by atoms with E-state index in [1.165, 1.54) is 18.2 Å². The van der Waals surface area contributed by atoms with Crippen molar-refractivity contribution in [2.24, 2.45) is 5.14 Å². The van der Waals surface area contributed by atoms with Crippen molar-refractivity contribution in [3.63, 3.8) is 0 Å². The standard InChI is InChI=1S/C9H9BrClNO3S/c1-5(10)9(13)6-2-3-7(11)8(4-6)16(12,14)15/h2-5H,1H3,(H2,12,14,15). The minimum Gasteiger partial charge on any atom is -0.293 e. The lowest BCUT2D eigenvalue weighted by atomic mass is 10.1. The molecule has 0 saturated heterocycles. The molecule has 1 aromatic carbocycles. The van der Waals surface area contributed by atoms with Gasteiger partial charge < -0.3 is 0 Å². The maximum Gasteiger partial charge on any atom is 0.239 e. The van der Waals surface area contributed by atoms with Gasteiger partial charge in [-0.1, -0.05) is 27.5 Å². The number of alkyl halides is 1. The summed E-state index contributed by atoms with van der Waals surface area (Å²) >= 11 is 8.79. The van der Waals surface area contributed by atoms with Crippen LogP contribution in [0.1, 0.15) is 17.3 Å². The third kappa shape index (κ3) is 3.04. The Bertz CT molecular complexity index is 528. The number of sulfonamides is 1. The highest BCUT2D eigenvalue weighted by Gasteiger charge is 2.18. The van der Waals surface area contributed by atoms with Crippen molar-refractivity contribution in [1.29, 1.82) is 0 Å². The van der Waals surface area contributed by atoms with Crippen molar-refractivity contribution in [3.8, 4) is 0 Å². The van der Waals surface area contributed by atoms with E-state index in [2.05, 4.69) is 15.9 Å². The third-order valence-electron chi connectivity index (χ3n) is 1.88. The first-order valence-electron chi connectivity index (χ1n) is 4.24. The predicted molar refractivity (Wildman–Crippen MR) is 65.5 cm³/mol. The lowest BCUT2D eigenvalue weighted by Crippen LogP contribution is -2.15. The van der Waals surface area contributed by atoms with Gasteiger partial charge in [0.25, 0.3) is 0 Å². The van der Waals surface area contributed by atoms with Crippen LogP contribution in [0.25, 0.3) is 0 Å². The molecule has 0 spiro atoms. The molecule has 7 heteroatoms. The minimum atomic E-state index is -3.91. The topological polar surface area (TPSA) is 77.2 Å². The summed E-state index contributed by atoms with van der Waals surface area (Å²) in [6, 6.07) is 3.97. The fraction of sp³-hybridized carbons (Fsp3) is 0.222. The Hall–Kier alpha value is -0.430. The number of rotatable bonds is 3. The number of carbonyl (C=O) groups is 1. The second kappa shape index (κ2) is 4.83. The molecule has 0 bridgehead atoms. The first kappa shape index (κ1) is 13.6. The van der Waals surface area contributed by atoms with Crippen LogP contribution in [-0.2, 0) is 10.0 Å². The zero-order valence-electron chi connectivity index (χ0n) is 8.28. The van der Waals surface area contributed by atoms with E-state index in [0.717, 1.165) is 0 Å². The minimum absolute atomic E-state index is 0.00118. The van der Waals surface area contributed by atoms with Crippen LogP contribution in [0.2, 0.25) is 5.02 Å². The summed E-state index contributed by atoms with van der Waals surface area (Å²) < 4.78 is 22.3. The highest BCUT2D eigenvalue weighted by molar-refractivity contribution is 9.10. The maximum atomic E-state index is 11.6. The lowest BCUT2D eigenvalue weighted by Gasteiger charge is -2.06. The van der Waals surface area contributed by atoms with E-state index in [-0.39, 0.29) is 21.3 Å². The van der Waals surface area contributed by atoms with Gasteiger partial charge in [0, 0.05) is 5.56 Å². The Labute approximate surface area is 107 Å². The number of primary sulfonamides is 1. The molecule has 0 aliphatic heterocycles. The van der Waals surface area contributed by atoms with E-state index in [1.54, 1.807) is 6.92 Å². The molecule has 2 N–H and O–H groups in total. The van der Waals surface area contributed by atoms with E-state index in [9.17, 15) is 13.2 Å². The number of halogens is 2. The number of nitrogens with two attached hydrogens (primary N) is 1. The number of hydrogen-bond donors (Lipinski definition) is 1. The smallest absolute Gasteiger partial charge is 0.239 e. The molecule has 1 atom stereocenters. The second-order valence-electron chi connectivity index (χ2n) is 3.17. The van der Waals surface area contributed by atoms with Gasteiger partial charge >= 0.3 is 0 Å². The molecule has 4 nitrogen and oxygen atoms in total. The third-order valence-corrected chi connectivity index (χ3v) is 3.69. The van der Waals surface area contributed by atoms with Gasteiger partial charge in [-0.25, -0.2) is 13.6 Å². The van der Waals surface area contributed by atoms with Gasteiger partial charge in [0.2, 0.25) is 10.0 Å². The molecule has 0 heterocycles. The monoisotopic (exact) mass is 325 g/mol. The SMILES string of the molecule is CC(Br)C(=O)c1ccc(Cl)c(S(N)(=O)=O)c1. The van der Waals surface area contributed by atoms with Gasteiger partial charge in [0.1, 0.15) is 4.90 Å². The predicted octanol–water partition coefficient (Wildman–Crippen LogP) is 1.95. The van der Waals surface area contributed by atoms with Crippen molar-refractivity contribution >= 4 is 43.3 Å². The van der Waals surface area contributed by atoms with Crippen molar-refractivity contribution in [2.45, 2.75) is 16.6 Å². The van der Waals surface area contributed by atoms with Crippen molar-refractivity contribution in [2.75, 3.05) is 0 Å². The fourth-order valence-electron chi connectivity index (χ4n) is 1.10.